The van der Waals surface area contributed by atoms with Gasteiger partial charge in [-0.1, -0.05) is 186 Å². The van der Waals surface area contributed by atoms with Gasteiger partial charge in [-0.25, -0.2) is 9.59 Å². The maximum Gasteiger partial charge on any atom is 0.340 e. The molecule has 5 aliphatic rings. The molecule has 5 heterocycles. The van der Waals surface area contributed by atoms with E-state index in [1.54, 1.807) is 78.9 Å². The summed E-state index contributed by atoms with van der Waals surface area (Å²) in [7, 11) is 0. The van der Waals surface area contributed by atoms with E-state index in [2.05, 4.69) is 66.2 Å². The third kappa shape index (κ3) is 14.6. The molecule has 0 saturated heterocycles. The average molecular weight is 1690 g/mol. The highest BCUT2D eigenvalue weighted by atomic mass is 79.9. The largest absolute Gasteiger partial charge is 0.464 e. The molecule has 16 aromatic rings. The van der Waals surface area contributed by atoms with E-state index in [0.717, 1.165) is 45.0 Å². The fraction of sp³-hybridized carbons (Fsp3) is 0.158. The number of nitrogens with one attached hydrogen (secondary N) is 2. The third-order valence-electron chi connectivity index (χ3n) is 21.0. The van der Waals surface area contributed by atoms with Crippen LogP contribution in [-0.4, -0.2) is 118 Å². The van der Waals surface area contributed by atoms with Gasteiger partial charge in [-0.3, -0.25) is 33.6 Å². The zero-order valence-corrected chi connectivity index (χ0v) is 67.7. The van der Waals surface area contributed by atoms with E-state index in [1.807, 2.05) is 135 Å². The number of hydrogen-bond acceptors (Lipinski definition) is 26. The molecule has 0 saturated carbocycles. The summed E-state index contributed by atoms with van der Waals surface area (Å²) >= 11 is 3.48. The van der Waals surface area contributed by atoms with Crippen LogP contribution in [0.2, 0.25) is 0 Å². The molecule has 5 aliphatic carbocycles. The van der Waals surface area contributed by atoms with Crippen molar-refractivity contribution in [3.05, 3.63) is 277 Å². The van der Waals surface area contributed by atoms with E-state index in [1.165, 1.54) is 13.8 Å². The van der Waals surface area contributed by atoms with Crippen LogP contribution in [0.25, 0.3) is 111 Å². The lowest BCUT2D eigenvalue weighted by Gasteiger charge is -2.18. The Morgan fingerprint density at radius 2 is 0.770 bits per heavy atom. The summed E-state index contributed by atoms with van der Waals surface area (Å²) in [4.78, 5) is 111. The first-order valence-electron chi connectivity index (χ1n) is 39.1. The van der Waals surface area contributed by atoms with Gasteiger partial charge < -0.3 is 56.9 Å². The summed E-state index contributed by atoms with van der Waals surface area (Å²) in [5, 5.41) is 30.0. The van der Waals surface area contributed by atoms with Crippen LogP contribution >= 0.6 is 15.9 Å². The Morgan fingerprint density at radius 1 is 0.385 bits per heavy atom. The second kappa shape index (κ2) is 33.3. The van der Waals surface area contributed by atoms with Gasteiger partial charge in [0.2, 0.25) is 0 Å². The molecule has 11 aromatic carbocycles. The van der Waals surface area contributed by atoms with Crippen molar-refractivity contribution < 1.29 is 89.5 Å². The first kappa shape index (κ1) is 79.4. The molecule has 0 radical (unpaired) electrons. The van der Waals surface area contributed by atoms with Crippen molar-refractivity contribution in [2.45, 2.75) is 54.4 Å². The molecule has 5 aromatic heterocycles. The number of anilines is 2. The number of rotatable bonds is 17. The Bertz CT molecular complexity index is 7030. The molecule has 27 heteroatoms. The molecule has 0 bridgehead atoms. The lowest BCUT2D eigenvalue weighted by atomic mass is 9.87. The van der Waals surface area contributed by atoms with Gasteiger partial charge in [-0.2, -0.15) is 0 Å². The van der Waals surface area contributed by atoms with Crippen molar-refractivity contribution >= 4 is 135 Å². The Labute approximate surface area is 701 Å². The Balaban J connectivity index is 0.000000108. The number of halogens is 1. The van der Waals surface area contributed by atoms with Gasteiger partial charge in [-0.15, -0.1) is 0 Å². The lowest BCUT2D eigenvalue weighted by Crippen LogP contribution is -2.16. The fourth-order valence-electron chi connectivity index (χ4n) is 15.3. The molecule has 21 rings (SSSR count). The van der Waals surface area contributed by atoms with Gasteiger partial charge in [-0.05, 0) is 108 Å². The maximum atomic E-state index is 13.1. The molecule has 0 atom stereocenters. The van der Waals surface area contributed by atoms with E-state index in [4.69, 9.17) is 46.3 Å². The molecule has 0 aliphatic heterocycles. The second-order valence-corrected chi connectivity index (χ2v) is 30.2. The highest BCUT2D eigenvalue weighted by molar-refractivity contribution is 9.10. The minimum atomic E-state index is -0.454. The smallest absolute Gasteiger partial charge is 0.340 e. The number of nitrogens with zero attached hydrogens (tertiary/aromatic N) is 5. The number of benzene rings is 11. The zero-order chi connectivity index (χ0) is 84.7. The van der Waals surface area contributed by atoms with Crippen molar-refractivity contribution in [1.82, 2.24) is 25.8 Å². The number of fused-ring (bicyclic) bond motifs is 10. The predicted octanol–water partition coefficient (Wildman–Crippen LogP) is 19.8. The first-order valence-corrected chi connectivity index (χ1v) is 39.9. The number of carbonyl (C=O) groups is 9. The van der Waals surface area contributed by atoms with Gasteiger partial charge in [0.05, 0.1) is 68.0 Å². The summed E-state index contributed by atoms with van der Waals surface area (Å²) in [6.07, 6.45) is 1.53. The van der Waals surface area contributed by atoms with Crippen LogP contribution < -0.4 is 15.4 Å². The SMILES string of the molecule is CC(=O)OCCNc1cc(Br)c2noc3c2c1C(=O)c1ccccc1-3.CC(=O)OCCNc1ccc2noc3c2c1C(=O)c1ccccc1-3.CC(C)CCOC(=O)c1ccc2c3c(onc13)-c1ccccc1C2=O.CCCOC(=O)c1ccc2c3c(onc13)-c1ccccc1C2=O.Cc1ccc(Oc2ccc3noc4c3c2C(=O)c2ccccc2-4)cc1. The topological polar surface area (TPSA) is 354 Å². The van der Waals surface area contributed by atoms with Crippen molar-refractivity contribution in [1.29, 1.82) is 0 Å². The summed E-state index contributed by atoms with van der Waals surface area (Å²) < 4.78 is 54.6. The van der Waals surface area contributed by atoms with Crippen molar-refractivity contribution in [3.63, 3.8) is 0 Å². The molecule has 0 fully saturated rings. The van der Waals surface area contributed by atoms with Crippen LogP contribution in [0.3, 0.4) is 0 Å². The maximum absolute atomic E-state index is 13.1. The number of hydrogen-bond donors (Lipinski definition) is 2. The zero-order valence-electron chi connectivity index (χ0n) is 66.2. The highest BCUT2D eigenvalue weighted by Crippen LogP contribution is 2.49. The van der Waals surface area contributed by atoms with Gasteiger partial charge >= 0.3 is 23.9 Å². The molecule has 606 valence electrons. The molecule has 26 nitrogen and oxygen atoms in total. The number of esters is 4. The second-order valence-electron chi connectivity index (χ2n) is 29.3. The van der Waals surface area contributed by atoms with Crippen LogP contribution in [0.1, 0.15) is 153 Å². The third-order valence-corrected chi connectivity index (χ3v) is 21.6. The van der Waals surface area contributed by atoms with Crippen molar-refractivity contribution in [2.75, 3.05) is 50.2 Å². The van der Waals surface area contributed by atoms with Gasteiger partial charge in [0.1, 0.15) is 52.3 Å². The van der Waals surface area contributed by atoms with E-state index in [-0.39, 0.29) is 54.1 Å². The molecule has 0 amide bonds. The van der Waals surface area contributed by atoms with E-state index in [9.17, 15) is 43.2 Å². The summed E-state index contributed by atoms with van der Waals surface area (Å²) in [6, 6.07) is 59.7. The van der Waals surface area contributed by atoms with Crippen LogP contribution in [0.15, 0.2) is 227 Å². The molecular formula is C95H70BrN7O19. The Morgan fingerprint density at radius 3 is 1.23 bits per heavy atom. The normalized spacial score (nSPS) is 12.3. The van der Waals surface area contributed by atoms with Crippen LogP contribution in [0, 0.1) is 12.8 Å². The summed E-state index contributed by atoms with van der Waals surface area (Å²) in [5.41, 5.74) is 15.0. The number of ketones is 5. The standard InChI is InChI=1S/C21H13NO3.C20H17NO4.C18H13BrN2O4.C18H14N2O4.C18H13NO4/c1-12-6-8-13(9-7-12)24-17-11-10-16-18-19(17)20(23)14-4-2-3-5-15(14)21(18)25-22-16;1-11(2)9-10-24-20(23)15-8-7-14-16-17(15)21-25-19(16)13-6-4-3-5-12(13)18(14)22;1-9(22)24-7-6-20-13-8-12(19)16-15-14(13)17(23)10-4-2-3-5-11(10)18(15)25-21-16;1-10(21)23-9-8-19-13-6-7-14-16-15(13)17(22)11-4-2-3-5-12(11)18(16)24-20-14;1-2-9-22-18(21)13-8-7-12-14-15(13)19-23-17(14)11-6-4-3-5-10(11)16(12)20/h2-11H,1H3;3-8,11H,9-10H2,1-2H3;2-5,8,20H,6-7H2,1H3;2-7,19H,8-9H2,1H3;3-8H,2,9H2,1H3. The number of ether oxygens (including phenoxy) is 5. The monoisotopic (exact) mass is 1690 g/mol. The fourth-order valence-corrected chi connectivity index (χ4v) is 15.8. The van der Waals surface area contributed by atoms with Crippen LogP contribution in [0.5, 0.6) is 11.5 Å². The van der Waals surface area contributed by atoms with E-state index < -0.39 is 11.9 Å². The number of aromatic nitrogens is 5. The van der Waals surface area contributed by atoms with Crippen molar-refractivity contribution in [2.24, 2.45) is 5.92 Å². The Hall–Kier alpha value is -15.1. The van der Waals surface area contributed by atoms with Crippen LogP contribution in [-0.2, 0) is 28.5 Å². The molecular weight excluding hydrogens is 1620 g/mol. The average Bonchev–Trinajstić information content (AvgIpc) is 1.50. The highest BCUT2D eigenvalue weighted by Gasteiger charge is 2.38. The molecule has 0 spiro atoms. The minimum Gasteiger partial charge on any atom is -0.464 e. The quantitative estimate of drug-likeness (QED) is 0.0486. The van der Waals surface area contributed by atoms with E-state index >= 15 is 0 Å². The number of aryl methyl sites for hydroxylation is 1. The van der Waals surface area contributed by atoms with E-state index in [0.29, 0.717) is 211 Å². The van der Waals surface area contributed by atoms with Gasteiger partial charge in [0, 0.05) is 110 Å². The molecule has 2 N–H and O–H groups in total. The summed E-state index contributed by atoms with van der Waals surface area (Å²) in [5.74, 6) is 2.55. The Kier molecular flexibility index (Phi) is 21.7. The van der Waals surface area contributed by atoms with Crippen molar-refractivity contribution in [3.8, 4) is 68.1 Å². The predicted molar refractivity (Wildman–Crippen MR) is 454 cm³/mol. The van der Waals surface area contributed by atoms with Gasteiger partial charge in [0.25, 0.3) is 0 Å². The van der Waals surface area contributed by atoms with Gasteiger partial charge in [0.15, 0.2) is 57.7 Å². The first-order chi connectivity index (χ1) is 59.3. The molecule has 122 heavy (non-hydrogen) atoms. The molecule has 0 unspecified atom stereocenters. The number of carbonyl (C=O) groups excluding carboxylic acids is 9. The lowest BCUT2D eigenvalue weighted by molar-refractivity contribution is -0.141. The minimum absolute atomic E-state index is 0.0677. The van der Waals surface area contributed by atoms with Crippen LogP contribution in [0.4, 0.5) is 11.4 Å². The summed E-state index contributed by atoms with van der Waals surface area (Å²) in [6.45, 7) is 12.7.